The first-order valence-electron chi connectivity index (χ1n) is 4.11. The highest BCUT2D eigenvalue weighted by Gasteiger charge is 2.06. The van der Waals surface area contributed by atoms with Crippen LogP contribution in [0.15, 0.2) is 29.0 Å². The smallest absolute Gasteiger partial charge is 0.155 e. The van der Waals surface area contributed by atoms with Crippen LogP contribution in [0, 0.1) is 13.8 Å². The molecule has 0 atom stereocenters. The quantitative estimate of drug-likeness (QED) is 0.666. The fourth-order valence-electron chi connectivity index (χ4n) is 1.22. The Labute approximate surface area is 76.5 Å². The second-order valence-electron chi connectivity index (χ2n) is 2.92. The van der Waals surface area contributed by atoms with Gasteiger partial charge in [0.05, 0.1) is 6.26 Å². The van der Waals surface area contributed by atoms with Crippen LogP contribution in [0.4, 0.5) is 0 Å². The molecule has 3 nitrogen and oxygen atoms in total. The largest absolute Gasteiger partial charge is 0.462 e. The molecule has 0 radical (unpaired) electrons. The lowest BCUT2D eigenvalue weighted by Crippen LogP contribution is -1.89. The normalized spacial score (nSPS) is 10.3. The van der Waals surface area contributed by atoms with Crippen LogP contribution in [0.2, 0.25) is 0 Å². The van der Waals surface area contributed by atoms with Crippen LogP contribution in [0.3, 0.4) is 0 Å². The molecule has 0 bridgehead atoms. The third kappa shape index (κ3) is 1.45. The molecule has 0 aromatic carbocycles. The summed E-state index contributed by atoms with van der Waals surface area (Å²) in [6, 6.07) is 3.77. The van der Waals surface area contributed by atoms with Gasteiger partial charge in [-0.2, -0.15) is 0 Å². The minimum Gasteiger partial charge on any atom is -0.462 e. The van der Waals surface area contributed by atoms with Crippen molar-refractivity contribution in [1.82, 2.24) is 9.97 Å². The number of furan rings is 1. The fourth-order valence-corrected chi connectivity index (χ4v) is 1.22. The van der Waals surface area contributed by atoms with Crippen molar-refractivity contribution in [1.29, 1.82) is 0 Å². The lowest BCUT2D eigenvalue weighted by molar-refractivity contribution is 0.578. The molecule has 0 N–H and O–H groups in total. The maximum Gasteiger partial charge on any atom is 0.155 e. The summed E-state index contributed by atoms with van der Waals surface area (Å²) >= 11 is 0. The molecule has 0 aliphatic heterocycles. The molecule has 2 heterocycles. The molecule has 0 saturated heterocycles. The molecule has 3 heteroatoms. The topological polar surface area (TPSA) is 38.9 Å². The summed E-state index contributed by atoms with van der Waals surface area (Å²) in [7, 11) is 0. The molecule has 0 amide bonds. The predicted molar refractivity (Wildman–Crippen MR) is 49.2 cm³/mol. The van der Waals surface area contributed by atoms with Crippen LogP contribution < -0.4 is 0 Å². The molecule has 13 heavy (non-hydrogen) atoms. The molecule has 0 aliphatic rings. The lowest BCUT2D eigenvalue weighted by atomic mass is 10.2. The van der Waals surface area contributed by atoms with E-state index in [4.69, 9.17) is 4.42 Å². The van der Waals surface area contributed by atoms with Gasteiger partial charge in [-0.25, -0.2) is 9.97 Å². The van der Waals surface area contributed by atoms with Gasteiger partial charge >= 0.3 is 0 Å². The Kier molecular flexibility index (Phi) is 1.85. The lowest BCUT2D eigenvalue weighted by Gasteiger charge is -1.97. The minimum absolute atomic E-state index is 0.758. The van der Waals surface area contributed by atoms with E-state index in [-0.39, 0.29) is 0 Å². The van der Waals surface area contributed by atoms with Crippen molar-refractivity contribution < 1.29 is 4.42 Å². The molecule has 2 aromatic rings. The van der Waals surface area contributed by atoms with Crippen molar-refractivity contribution in [3.8, 4) is 11.5 Å². The Morgan fingerprint density at radius 1 is 1.23 bits per heavy atom. The van der Waals surface area contributed by atoms with Gasteiger partial charge < -0.3 is 4.42 Å². The molecule has 0 spiro atoms. The van der Waals surface area contributed by atoms with Crippen LogP contribution >= 0.6 is 0 Å². The minimum atomic E-state index is 0.758. The first kappa shape index (κ1) is 7.98. The summed E-state index contributed by atoms with van der Waals surface area (Å²) in [5.41, 5.74) is 1.94. The molecule has 66 valence electrons. The summed E-state index contributed by atoms with van der Waals surface area (Å²) in [6.45, 7) is 3.86. The van der Waals surface area contributed by atoms with Crippen LogP contribution in [0.5, 0.6) is 0 Å². The summed E-state index contributed by atoms with van der Waals surface area (Å²) in [6.07, 6.45) is 3.40. The van der Waals surface area contributed by atoms with Crippen molar-refractivity contribution in [3.63, 3.8) is 0 Å². The van der Waals surface area contributed by atoms with E-state index in [1.165, 1.54) is 0 Å². The highest BCUT2D eigenvalue weighted by atomic mass is 16.3. The molecular weight excluding hydrogens is 164 g/mol. The molecule has 2 aromatic heterocycles. The maximum absolute atomic E-state index is 5.32. The Morgan fingerprint density at radius 2 is 2.08 bits per heavy atom. The average Bonchev–Trinajstić information content (AvgIpc) is 2.51. The van der Waals surface area contributed by atoms with Crippen LogP contribution in [-0.4, -0.2) is 9.97 Å². The molecule has 0 saturated carbocycles. The molecule has 0 aliphatic carbocycles. The summed E-state index contributed by atoms with van der Waals surface area (Å²) in [5, 5.41) is 0. The maximum atomic E-state index is 5.32. The zero-order valence-corrected chi connectivity index (χ0v) is 7.61. The number of nitrogens with zero attached hydrogens (tertiary/aromatic N) is 2. The highest BCUT2D eigenvalue weighted by Crippen LogP contribution is 2.21. The van der Waals surface area contributed by atoms with Gasteiger partial charge in [-0.05, 0) is 31.5 Å². The van der Waals surface area contributed by atoms with Gasteiger partial charge in [-0.15, -0.1) is 0 Å². The SMILES string of the molecule is Cc1nccc(-c2occc2C)n1. The Balaban J connectivity index is 2.53. The fraction of sp³-hybridized carbons (Fsp3) is 0.200. The van der Waals surface area contributed by atoms with E-state index in [0.29, 0.717) is 0 Å². The van der Waals surface area contributed by atoms with Gasteiger partial charge in [-0.1, -0.05) is 0 Å². The third-order valence-electron chi connectivity index (χ3n) is 1.87. The summed E-state index contributed by atoms with van der Waals surface area (Å²) in [5.74, 6) is 1.58. The van der Waals surface area contributed by atoms with E-state index in [0.717, 1.165) is 22.8 Å². The Bertz CT molecular complexity index is 420. The van der Waals surface area contributed by atoms with E-state index < -0.39 is 0 Å². The first-order chi connectivity index (χ1) is 6.27. The monoisotopic (exact) mass is 174 g/mol. The van der Waals surface area contributed by atoms with Crippen LogP contribution in [0.25, 0.3) is 11.5 Å². The second-order valence-corrected chi connectivity index (χ2v) is 2.92. The average molecular weight is 174 g/mol. The van der Waals surface area contributed by atoms with E-state index in [2.05, 4.69) is 9.97 Å². The molecule has 0 unspecified atom stereocenters. The third-order valence-corrected chi connectivity index (χ3v) is 1.87. The van der Waals surface area contributed by atoms with Gasteiger partial charge in [0, 0.05) is 6.20 Å². The van der Waals surface area contributed by atoms with Crippen LogP contribution in [0.1, 0.15) is 11.4 Å². The molecular formula is C10H10N2O. The van der Waals surface area contributed by atoms with Crippen molar-refractivity contribution in [2.75, 3.05) is 0 Å². The van der Waals surface area contributed by atoms with E-state index in [1.807, 2.05) is 26.0 Å². The number of aromatic nitrogens is 2. The van der Waals surface area contributed by atoms with Crippen molar-refractivity contribution in [2.24, 2.45) is 0 Å². The second kappa shape index (κ2) is 3.01. The summed E-state index contributed by atoms with van der Waals surface area (Å²) < 4.78 is 5.32. The zero-order valence-electron chi connectivity index (χ0n) is 7.61. The zero-order chi connectivity index (χ0) is 9.26. The van der Waals surface area contributed by atoms with Crippen molar-refractivity contribution in [3.05, 3.63) is 36.0 Å². The van der Waals surface area contributed by atoms with Gasteiger partial charge in [0.1, 0.15) is 11.5 Å². The van der Waals surface area contributed by atoms with Crippen molar-refractivity contribution >= 4 is 0 Å². The first-order valence-corrected chi connectivity index (χ1v) is 4.11. The predicted octanol–water partition coefficient (Wildman–Crippen LogP) is 2.35. The van der Waals surface area contributed by atoms with Gasteiger partial charge in [-0.3, -0.25) is 0 Å². The van der Waals surface area contributed by atoms with E-state index in [1.54, 1.807) is 12.5 Å². The standard InChI is InChI=1S/C10H10N2O/c1-7-4-6-13-10(7)9-3-5-11-8(2)12-9/h3-6H,1-2H3. The van der Waals surface area contributed by atoms with Gasteiger partial charge in [0.2, 0.25) is 0 Å². The number of aryl methyl sites for hydroxylation is 2. The van der Waals surface area contributed by atoms with E-state index in [9.17, 15) is 0 Å². The van der Waals surface area contributed by atoms with Gasteiger partial charge in [0.25, 0.3) is 0 Å². The molecule has 2 rings (SSSR count). The van der Waals surface area contributed by atoms with Gasteiger partial charge in [0.15, 0.2) is 5.76 Å². The van der Waals surface area contributed by atoms with Crippen molar-refractivity contribution in [2.45, 2.75) is 13.8 Å². The van der Waals surface area contributed by atoms with E-state index >= 15 is 0 Å². The number of hydrogen-bond donors (Lipinski definition) is 0. The highest BCUT2D eigenvalue weighted by molar-refractivity contribution is 5.55. The summed E-state index contributed by atoms with van der Waals surface area (Å²) in [4.78, 5) is 8.30. The Hall–Kier alpha value is -1.64. The molecule has 0 fully saturated rings. The number of rotatable bonds is 1. The Morgan fingerprint density at radius 3 is 2.69 bits per heavy atom. The van der Waals surface area contributed by atoms with Crippen LogP contribution in [-0.2, 0) is 0 Å². The number of hydrogen-bond acceptors (Lipinski definition) is 3.